The van der Waals surface area contributed by atoms with Crippen LogP contribution in [0.1, 0.15) is 45.1 Å². The first-order valence-corrected chi connectivity index (χ1v) is 5.50. The Morgan fingerprint density at radius 1 is 1.14 bits per heavy atom. The highest BCUT2D eigenvalue weighted by molar-refractivity contribution is 5.29. The first-order chi connectivity index (χ1) is 6.77. The highest BCUT2D eigenvalue weighted by Crippen LogP contribution is 2.22. The van der Waals surface area contributed by atoms with Crippen molar-refractivity contribution in [1.82, 2.24) is 0 Å². The van der Waals surface area contributed by atoms with Crippen LogP contribution in [0, 0.1) is 0 Å². The zero-order valence-electron chi connectivity index (χ0n) is 9.42. The fraction of sp³-hybridized carbons (Fsp3) is 0.538. The molecule has 0 aliphatic rings. The Kier molecular flexibility index (Phi) is 4.51. The van der Waals surface area contributed by atoms with E-state index < -0.39 is 0 Å². The summed E-state index contributed by atoms with van der Waals surface area (Å²) in [6.07, 6.45) is 2.50. The van der Waals surface area contributed by atoms with Crippen molar-refractivity contribution in [2.75, 3.05) is 6.61 Å². The molecule has 1 aromatic carbocycles. The first kappa shape index (κ1) is 11.1. The maximum atomic E-state index is 5.40. The Bertz CT molecular complexity index is 250. The second-order valence-electron chi connectivity index (χ2n) is 3.69. The monoisotopic (exact) mass is 192 g/mol. The number of hydrogen-bond acceptors (Lipinski definition) is 1. The normalized spacial score (nSPS) is 12.5. The molecule has 1 nitrogen and oxygen atoms in total. The Morgan fingerprint density at radius 2 is 1.79 bits per heavy atom. The summed E-state index contributed by atoms with van der Waals surface area (Å²) in [6, 6.07) is 8.46. The molecule has 0 amide bonds. The van der Waals surface area contributed by atoms with Gasteiger partial charge in [-0.3, -0.25) is 0 Å². The van der Waals surface area contributed by atoms with Gasteiger partial charge in [0.2, 0.25) is 0 Å². The van der Waals surface area contributed by atoms with Gasteiger partial charge in [0.15, 0.2) is 0 Å². The number of ether oxygens (including phenoxy) is 1. The molecule has 0 radical (unpaired) electrons. The summed E-state index contributed by atoms with van der Waals surface area (Å²) in [5, 5.41) is 0. The second kappa shape index (κ2) is 5.69. The van der Waals surface area contributed by atoms with Crippen LogP contribution in [0.3, 0.4) is 0 Å². The van der Waals surface area contributed by atoms with Gasteiger partial charge >= 0.3 is 0 Å². The highest BCUT2D eigenvalue weighted by atomic mass is 16.5. The molecule has 1 unspecified atom stereocenters. The fourth-order valence-electron chi connectivity index (χ4n) is 1.66. The minimum Gasteiger partial charge on any atom is -0.494 e. The average molecular weight is 192 g/mol. The van der Waals surface area contributed by atoms with Gasteiger partial charge in [0.25, 0.3) is 0 Å². The fourth-order valence-corrected chi connectivity index (χ4v) is 1.66. The molecule has 0 aliphatic heterocycles. The smallest absolute Gasteiger partial charge is 0.119 e. The van der Waals surface area contributed by atoms with Crippen LogP contribution in [-0.2, 0) is 0 Å². The van der Waals surface area contributed by atoms with E-state index in [9.17, 15) is 0 Å². The topological polar surface area (TPSA) is 9.23 Å². The molecule has 0 spiro atoms. The molecule has 0 saturated carbocycles. The predicted octanol–water partition coefficient (Wildman–Crippen LogP) is 3.99. The second-order valence-corrected chi connectivity index (χ2v) is 3.69. The van der Waals surface area contributed by atoms with E-state index in [4.69, 9.17) is 4.74 Å². The molecular weight excluding hydrogens is 172 g/mol. The molecule has 1 atom stereocenters. The molecule has 78 valence electrons. The predicted molar refractivity (Wildman–Crippen MR) is 60.9 cm³/mol. The molecule has 14 heavy (non-hydrogen) atoms. The summed E-state index contributed by atoms with van der Waals surface area (Å²) in [5.41, 5.74) is 1.41. The van der Waals surface area contributed by atoms with Crippen LogP contribution in [-0.4, -0.2) is 6.61 Å². The van der Waals surface area contributed by atoms with Crippen LogP contribution in [0.2, 0.25) is 0 Å². The van der Waals surface area contributed by atoms with Crippen molar-refractivity contribution in [1.29, 1.82) is 0 Å². The van der Waals surface area contributed by atoms with Gasteiger partial charge in [-0.15, -0.1) is 0 Å². The van der Waals surface area contributed by atoms with Gasteiger partial charge in [-0.1, -0.05) is 32.4 Å². The largest absolute Gasteiger partial charge is 0.494 e. The van der Waals surface area contributed by atoms with Crippen LogP contribution < -0.4 is 4.74 Å². The van der Waals surface area contributed by atoms with Crippen molar-refractivity contribution in [2.45, 2.75) is 39.5 Å². The van der Waals surface area contributed by atoms with Crippen molar-refractivity contribution >= 4 is 0 Å². The van der Waals surface area contributed by atoms with Crippen molar-refractivity contribution in [3.05, 3.63) is 29.8 Å². The van der Waals surface area contributed by atoms with Gasteiger partial charge in [-0.25, -0.2) is 0 Å². The lowest BCUT2D eigenvalue weighted by atomic mass is 9.97. The summed E-state index contributed by atoms with van der Waals surface area (Å²) < 4.78 is 5.40. The van der Waals surface area contributed by atoms with Crippen LogP contribution in [0.4, 0.5) is 0 Å². The van der Waals surface area contributed by atoms with Gasteiger partial charge in [-0.05, 0) is 37.0 Å². The zero-order valence-corrected chi connectivity index (χ0v) is 9.42. The van der Waals surface area contributed by atoms with E-state index in [1.807, 2.05) is 6.92 Å². The Morgan fingerprint density at radius 3 is 2.29 bits per heavy atom. The first-order valence-electron chi connectivity index (χ1n) is 5.50. The van der Waals surface area contributed by atoms with E-state index in [2.05, 4.69) is 38.1 Å². The summed E-state index contributed by atoms with van der Waals surface area (Å²) in [7, 11) is 0. The Hall–Kier alpha value is -0.980. The number of benzene rings is 1. The maximum Gasteiger partial charge on any atom is 0.119 e. The van der Waals surface area contributed by atoms with E-state index in [0.29, 0.717) is 5.92 Å². The molecule has 0 heterocycles. The van der Waals surface area contributed by atoms with E-state index in [0.717, 1.165) is 12.4 Å². The lowest BCUT2D eigenvalue weighted by Gasteiger charge is -2.11. The van der Waals surface area contributed by atoms with E-state index in [1.54, 1.807) is 0 Å². The summed E-state index contributed by atoms with van der Waals surface area (Å²) >= 11 is 0. The number of rotatable bonds is 5. The molecule has 1 rings (SSSR count). The molecule has 0 aromatic heterocycles. The van der Waals surface area contributed by atoms with Gasteiger partial charge in [-0.2, -0.15) is 0 Å². The lowest BCUT2D eigenvalue weighted by molar-refractivity contribution is 0.340. The SMILES string of the molecule is CCCC(C)c1ccc(OCC)cc1. The molecular formula is C13H20O. The zero-order chi connectivity index (χ0) is 10.4. The van der Waals surface area contributed by atoms with Crippen LogP contribution in [0.25, 0.3) is 0 Å². The van der Waals surface area contributed by atoms with E-state index >= 15 is 0 Å². The minimum atomic E-state index is 0.663. The van der Waals surface area contributed by atoms with Gasteiger partial charge in [0.05, 0.1) is 6.61 Å². The van der Waals surface area contributed by atoms with E-state index in [1.165, 1.54) is 18.4 Å². The maximum absolute atomic E-state index is 5.40. The number of hydrogen-bond donors (Lipinski definition) is 0. The van der Waals surface area contributed by atoms with Gasteiger partial charge in [0.1, 0.15) is 5.75 Å². The van der Waals surface area contributed by atoms with Crippen LogP contribution in [0.5, 0.6) is 5.75 Å². The highest BCUT2D eigenvalue weighted by Gasteiger charge is 2.03. The molecule has 1 aromatic rings. The minimum absolute atomic E-state index is 0.663. The Labute approximate surface area is 87.1 Å². The van der Waals surface area contributed by atoms with E-state index in [-0.39, 0.29) is 0 Å². The lowest BCUT2D eigenvalue weighted by Crippen LogP contribution is -1.94. The van der Waals surface area contributed by atoms with Gasteiger partial charge in [0, 0.05) is 0 Å². The third-order valence-corrected chi connectivity index (χ3v) is 2.48. The quantitative estimate of drug-likeness (QED) is 0.685. The average Bonchev–Trinajstić information content (AvgIpc) is 2.20. The molecule has 0 saturated heterocycles. The van der Waals surface area contributed by atoms with Crippen molar-refractivity contribution < 1.29 is 4.74 Å². The molecule has 0 fully saturated rings. The molecule has 1 heteroatoms. The third-order valence-electron chi connectivity index (χ3n) is 2.48. The van der Waals surface area contributed by atoms with Crippen LogP contribution in [0.15, 0.2) is 24.3 Å². The summed E-state index contributed by atoms with van der Waals surface area (Å²) in [6.45, 7) is 7.25. The third kappa shape index (κ3) is 3.06. The van der Waals surface area contributed by atoms with Crippen molar-refractivity contribution in [3.63, 3.8) is 0 Å². The Balaban J connectivity index is 2.62. The molecule has 0 N–H and O–H groups in total. The summed E-state index contributed by atoms with van der Waals surface area (Å²) in [4.78, 5) is 0. The van der Waals surface area contributed by atoms with Crippen LogP contribution >= 0.6 is 0 Å². The standard InChI is InChI=1S/C13H20O/c1-4-6-11(3)12-7-9-13(10-8-12)14-5-2/h7-11H,4-6H2,1-3H3. The van der Waals surface area contributed by atoms with Gasteiger partial charge < -0.3 is 4.74 Å². The summed E-state index contributed by atoms with van der Waals surface area (Å²) in [5.74, 6) is 1.63. The molecule has 0 bridgehead atoms. The van der Waals surface area contributed by atoms with Crippen molar-refractivity contribution in [3.8, 4) is 5.75 Å². The molecule has 0 aliphatic carbocycles. The van der Waals surface area contributed by atoms with Crippen molar-refractivity contribution in [2.24, 2.45) is 0 Å².